The highest BCUT2D eigenvalue weighted by Crippen LogP contribution is 2.55. The van der Waals surface area contributed by atoms with Crippen molar-refractivity contribution in [1.82, 2.24) is 16.1 Å². The molecule has 0 aromatic heterocycles. The third-order valence-corrected chi connectivity index (χ3v) is 6.54. The monoisotopic (exact) mass is 357 g/mol. The zero-order valence-electron chi connectivity index (χ0n) is 15.1. The van der Waals surface area contributed by atoms with Crippen molar-refractivity contribution in [3.05, 3.63) is 35.4 Å². The fourth-order valence-electron chi connectivity index (χ4n) is 5.81. The summed E-state index contributed by atoms with van der Waals surface area (Å²) < 4.78 is 0. The Bertz CT molecular complexity index is 665. The Kier molecular flexibility index (Phi) is 4.39. The standard InChI is InChI=1S/C20H27N3O3/c1-12(16-2-4-17(5-3-16)18(24)23-26)21-19(25)22-20-9-13-6-14(10-20)8-15(7-13)11-20/h2-5,12-15,26H,6-11H2,1H3,(H,23,24)(H2,21,22,25). The van der Waals surface area contributed by atoms with Crippen molar-refractivity contribution in [2.24, 2.45) is 17.8 Å². The van der Waals surface area contributed by atoms with Crippen molar-refractivity contribution in [2.75, 3.05) is 0 Å². The van der Waals surface area contributed by atoms with E-state index in [-0.39, 0.29) is 17.6 Å². The van der Waals surface area contributed by atoms with Crippen LogP contribution in [0.1, 0.15) is 67.4 Å². The molecule has 4 saturated carbocycles. The Hall–Kier alpha value is -2.08. The lowest BCUT2D eigenvalue weighted by Crippen LogP contribution is -2.61. The highest BCUT2D eigenvalue weighted by atomic mass is 16.5. The average molecular weight is 357 g/mol. The minimum Gasteiger partial charge on any atom is -0.333 e. The molecule has 4 N–H and O–H groups in total. The first kappa shape index (κ1) is 17.3. The Morgan fingerprint density at radius 2 is 1.58 bits per heavy atom. The number of hydrogen-bond acceptors (Lipinski definition) is 3. The molecule has 4 fully saturated rings. The molecule has 1 aromatic rings. The number of hydroxylamine groups is 1. The number of rotatable bonds is 4. The molecule has 0 aliphatic heterocycles. The van der Waals surface area contributed by atoms with Crippen molar-refractivity contribution in [1.29, 1.82) is 0 Å². The lowest BCUT2D eigenvalue weighted by molar-refractivity contribution is -0.0136. The van der Waals surface area contributed by atoms with Gasteiger partial charge in [-0.25, -0.2) is 10.3 Å². The third-order valence-electron chi connectivity index (χ3n) is 6.54. The highest BCUT2D eigenvalue weighted by Gasteiger charge is 2.51. The SMILES string of the molecule is CC(NC(=O)NC12CC3CC(CC(C3)C1)C2)c1ccc(C(=O)NO)cc1. The fraction of sp³-hybridized carbons (Fsp3) is 0.600. The van der Waals surface area contributed by atoms with Crippen molar-refractivity contribution >= 4 is 11.9 Å². The van der Waals surface area contributed by atoms with Gasteiger partial charge in [0.15, 0.2) is 0 Å². The molecule has 1 aromatic carbocycles. The molecule has 4 aliphatic carbocycles. The van der Waals surface area contributed by atoms with Gasteiger partial charge in [-0.15, -0.1) is 0 Å². The van der Waals surface area contributed by atoms with Gasteiger partial charge in [0, 0.05) is 11.1 Å². The molecule has 6 nitrogen and oxygen atoms in total. The van der Waals surface area contributed by atoms with E-state index in [9.17, 15) is 9.59 Å². The molecular weight excluding hydrogens is 330 g/mol. The normalized spacial score (nSPS) is 32.8. The zero-order chi connectivity index (χ0) is 18.3. The van der Waals surface area contributed by atoms with Gasteiger partial charge in [0.25, 0.3) is 5.91 Å². The van der Waals surface area contributed by atoms with Gasteiger partial charge in [0.1, 0.15) is 0 Å². The van der Waals surface area contributed by atoms with Gasteiger partial charge in [-0.2, -0.15) is 0 Å². The van der Waals surface area contributed by atoms with Crippen LogP contribution in [0.5, 0.6) is 0 Å². The Balaban J connectivity index is 1.36. The van der Waals surface area contributed by atoms with E-state index < -0.39 is 5.91 Å². The second-order valence-electron chi connectivity index (χ2n) is 8.58. The Morgan fingerprint density at radius 1 is 1.04 bits per heavy atom. The average Bonchev–Trinajstić information content (AvgIpc) is 2.59. The molecule has 6 heteroatoms. The first-order valence-electron chi connectivity index (χ1n) is 9.59. The second-order valence-corrected chi connectivity index (χ2v) is 8.58. The van der Waals surface area contributed by atoms with Crippen LogP contribution in [0, 0.1) is 17.8 Å². The molecule has 0 spiro atoms. The molecule has 140 valence electrons. The molecule has 0 saturated heterocycles. The van der Waals surface area contributed by atoms with Crippen LogP contribution in [0.15, 0.2) is 24.3 Å². The van der Waals surface area contributed by atoms with Gasteiger partial charge < -0.3 is 10.6 Å². The van der Waals surface area contributed by atoms with Gasteiger partial charge >= 0.3 is 6.03 Å². The lowest BCUT2D eigenvalue weighted by atomic mass is 9.53. The maximum Gasteiger partial charge on any atom is 0.315 e. The number of urea groups is 1. The molecular formula is C20H27N3O3. The van der Waals surface area contributed by atoms with E-state index in [0.717, 1.165) is 42.6 Å². The van der Waals surface area contributed by atoms with Gasteiger partial charge in [-0.1, -0.05) is 12.1 Å². The van der Waals surface area contributed by atoms with Crippen molar-refractivity contribution < 1.29 is 14.8 Å². The van der Waals surface area contributed by atoms with E-state index >= 15 is 0 Å². The van der Waals surface area contributed by atoms with E-state index in [0.29, 0.717) is 5.56 Å². The Morgan fingerprint density at radius 3 is 2.08 bits per heavy atom. The van der Waals surface area contributed by atoms with Crippen LogP contribution in [0.25, 0.3) is 0 Å². The predicted octanol–water partition coefficient (Wildman–Crippen LogP) is 3.13. The second kappa shape index (κ2) is 6.58. The fourth-order valence-corrected chi connectivity index (χ4v) is 5.81. The summed E-state index contributed by atoms with van der Waals surface area (Å²) in [7, 11) is 0. The number of amides is 3. The molecule has 26 heavy (non-hydrogen) atoms. The maximum absolute atomic E-state index is 12.6. The van der Waals surface area contributed by atoms with Gasteiger partial charge in [0.05, 0.1) is 6.04 Å². The summed E-state index contributed by atoms with van der Waals surface area (Å²) in [5, 5.41) is 15.0. The van der Waals surface area contributed by atoms with Crippen LogP contribution in [0.4, 0.5) is 4.79 Å². The van der Waals surface area contributed by atoms with Crippen LogP contribution < -0.4 is 16.1 Å². The summed E-state index contributed by atoms with van der Waals surface area (Å²) >= 11 is 0. The smallest absolute Gasteiger partial charge is 0.315 e. The van der Waals surface area contributed by atoms with Gasteiger partial charge in [-0.3, -0.25) is 10.0 Å². The van der Waals surface area contributed by atoms with Crippen LogP contribution in [-0.4, -0.2) is 22.7 Å². The largest absolute Gasteiger partial charge is 0.333 e. The minimum atomic E-state index is -0.545. The number of nitrogens with one attached hydrogen (secondary N) is 3. The van der Waals surface area contributed by atoms with Crippen LogP contribution in [0.2, 0.25) is 0 Å². The summed E-state index contributed by atoms with van der Waals surface area (Å²) in [5.74, 6) is 1.84. The van der Waals surface area contributed by atoms with Gasteiger partial charge in [-0.05, 0) is 80.9 Å². The summed E-state index contributed by atoms with van der Waals surface area (Å²) in [6.45, 7) is 1.93. The molecule has 4 bridgehead atoms. The summed E-state index contributed by atoms with van der Waals surface area (Å²) in [6.07, 6.45) is 7.45. The number of carbonyl (C=O) groups is 2. The van der Waals surface area contributed by atoms with Crippen LogP contribution >= 0.6 is 0 Å². The zero-order valence-corrected chi connectivity index (χ0v) is 15.1. The van der Waals surface area contributed by atoms with E-state index in [1.807, 2.05) is 6.92 Å². The van der Waals surface area contributed by atoms with Crippen LogP contribution in [0.3, 0.4) is 0 Å². The summed E-state index contributed by atoms with van der Waals surface area (Å²) in [4.78, 5) is 24.0. The quantitative estimate of drug-likeness (QED) is 0.493. The molecule has 0 radical (unpaired) electrons. The molecule has 0 heterocycles. The molecule has 3 amide bonds. The topological polar surface area (TPSA) is 90.5 Å². The number of benzene rings is 1. The summed E-state index contributed by atoms with van der Waals surface area (Å²) in [5.41, 5.74) is 2.91. The number of carbonyl (C=O) groups excluding carboxylic acids is 2. The number of hydrogen-bond donors (Lipinski definition) is 4. The molecule has 1 atom stereocenters. The van der Waals surface area contributed by atoms with E-state index in [4.69, 9.17) is 5.21 Å². The first-order chi connectivity index (χ1) is 12.5. The third kappa shape index (κ3) is 3.30. The van der Waals surface area contributed by atoms with E-state index in [1.54, 1.807) is 29.7 Å². The van der Waals surface area contributed by atoms with Crippen molar-refractivity contribution in [3.63, 3.8) is 0 Å². The highest BCUT2D eigenvalue weighted by molar-refractivity contribution is 5.93. The first-order valence-corrected chi connectivity index (χ1v) is 9.59. The molecule has 5 rings (SSSR count). The maximum atomic E-state index is 12.6. The van der Waals surface area contributed by atoms with Crippen molar-refractivity contribution in [3.8, 4) is 0 Å². The Labute approximate surface area is 153 Å². The van der Waals surface area contributed by atoms with Gasteiger partial charge in [0.2, 0.25) is 0 Å². The lowest BCUT2D eigenvalue weighted by Gasteiger charge is -2.56. The van der Waals surface area contributed by atoms with Crippen molar-refractivity contribution in [2.45, 2.75) is 57.0 Å². The predicted molar refractivity (Wildman–Crippen MR) is 96.7 cm³/mol. The molecule has 1 unspecified atom stereocenters. The van der Waals surface area contributed by atoms with Crippen LogP contribution in [-0.2, 0) is 0 Å². The van der Waals surface area contributed by atoms with E-state index in [2.05, 4.69) is 10.6 Å². The van der Waals surface area contributed by atoms with E-state index in [1.165, 1.54) is 19.3 Å². The summed E-state index contributed by atoms with van der Waals surface area (Å²) in [6, 6.07) is 6.60. The minimum absolute atomic E-state index is 0.00161. The molecule has 4 aliphatic rings.